The van der Waals surface area contributed by atoms with Crippen LogP contribution in [0.25, 0.3) is 0 Å². The minimum atomic E-state index is -0.676. The number of aryl methyl sites for hydroxylation is 2. The smallest absolute Gasteiger partial charge is 0.291 e. The van der Waals surface area contributed by atoms with Gasteiger partial charge in [0.2, 0.25) is 5.82 Å². The van der Waals surface area contributed by atoms with E-state index in [1.54, 1.807) is 17.8 Å². The van der Waals surface area contributed by atoms with Crippen molar-refractivity contribution in [1.82, 2.24) is 29.9 Å². The predicted octanol–water partition coefficient (Wildman–Crippen LogP) is 1.65. The Balaban J connectivity index is 1.44. The highest BCUT2D eigenvalue weighted by Gasteiger charge is 2.31. The molecule has 0 saturated carbocycles. The van der Waals surface area contributed by atoms with Gasteiger partial charge in [0.25, 0.3) is 11.8 Å². The second-order valence-corrected chi connectivity index (χ2v) is 7.34. The standard InChI is InChI=1S/C19H20ClN7O2/c1-12-9-16-25(2)19(29)15(7-8-27(16)23-12)22-18(28)17-21-11-26(24-17)10-13-5-3-4-6-14(13)20/h3-6,9,11,15H,7-8,10H2,1-2H3,(H,22,28)/t15-/m0/s1. The quantitative estimate of drug-likeness (QED) is 0.701. The van der Waals surface area contributed by atoms with Crippen LogP contribution in [0.15, 0.2) is 36.7 Å². The second kappa shape index (κ2) is 7.67. The van der Waals surface area contributed by atoms with E-state index < -0.39 is 11.9 Å². The lowest BCUT2D eigenvalue weighted by Gasteiger charge is -2.19. The van der Waals surface area contributed by atoms with Crippen LogP contribution in [0.3, 0.4) is 0 Å². The molecule has 0 fully saturated rings. The van der Waals surface area contributed by atoms with Gasteiger partial charge in [-0.3, -0.25) is 14.5 Å². The third-order valence-corrected chi connectivity index (χ3v) is 5.19. The fourth-order valence-electron chi connectivity index (χ4n) is 3.32. The molecule has 0 radical (unpaired) electrons. The summed E-state index contributed by atoms with van der Waals surface area (Å²) >= 11 is 6.17. The molecule has 0 spiro atoms. The molecular formula is C19H20ClN7O2. The van der Waals surface area contributed by atoms with Crippen LogP contribution >= 0.6 is 11.6 Å². The summed E-state index contributed by atoms with van der Waals surface area (Å²) in [5.41, 5.74) is 1.71. The zero-order valence-electron chi connectivity index (χ0n) is 16.0. The highest BCUT2D eigenvalue weighted by Crippen LogP contribution is 2.21. The molecule has 0 unspecified atom stereocenters. The molecule has 1 aliphatic rings. The molecule has 2 aromatic heterocycles. The molecule has 3 heterocycles. The zero-order valence-corrected chi connectivity index (χ0v) is 16.8. The van der Waals surface area contributed by atoms with E-state index >= 15 is 0 Å². The molecule has 0 saturated heterocycles. The first-order valence-electron chi connectivity index (χ1n) is 9.18. The largest absolute Gasteiger partial charge is 0.337 e. The lowest BCUT2D eigenvalue weighted by Crippen LogP contribution is -2.47. The first-order chi connectivity index (χ1) is 13.9. The molecule has 29 heavy (non-hydrogen) atoms. The van der Waals surface area contributed by atoms with Crippen molar-refractivity contribution in [3.63, 3.8) is 0 Å². The molecule has 1 aromatic carbocycles. The predicted molar refractivity (Wildman–Crippen MR) is 107 cm³/mol. The molecule has 1 N–H and O–H groups in total. The summed E-state index contributed by atoms with van der Waals surface area (Å²) in [6, 6.07) is 8.58. The normalized spacial score (nSPS) is 16.4. The number of benzene rings is 1. The van der Waals surface area contributed by atoms with Crippen LogP contribution < -0.4 is 10.2 Å². The van der Waals surface area contributed by atoms with Gasteiger partial charge < -0.3 is 5.32 Å². The monoisotopic (exact) mass is 413 g/mol. The Morgan fingerprint density at radius 3 is 2.90 bits per heavy atom. The van der Waals surface area contributed by atoms with Crippen molar-refractivity contribution in [1.29, 1.82) is 0 Å². The summed E-state index contributed by atoms with van der Waals surface area (Å²) in [6.45, 7) is 2.80. The van der Waals surface area contributed by atoms with Gasteiger partial charge in [-0.25, -0.2) is 14.3 Å². The molecule has 10 heteroatoms. The van der Waals surface area contributed by atoms with E-state index in [-0.39, 0.29) is 11.7 Å². The number of fused-ring (bicyclic) bond motifs is 1. The van der Waals surface area contributed by atoms with Gasteiger partial charge in [-0.1, -0.05) is 29.8 Å². The summed E-state index contributed by atoms with van der Waals surface area (Å²) in [6.07, 6.45) is 1.90. The number of anilines is 1. The number of hydrogen-bond donors (Lipinski definition) is 1. The van der Waals surface area contributed by atoms with Gasteiger partial charge >= 0.3 is 0 Å². The number of carbonyl (C=O) groups excluding carboxylic acids is 2. The van der Waals surface area contributed by atoms with Crippen LogP contribution in [0.4, 0.5) is 5.82 Å². The fraction of sp³-hybridized carbons (Fsp3) is 0.316. The van der Waals surface area contributed by atoms with Gasteiger partial charge in [0, 0.05) is 24.7 Å². The minimum absolute atomic E-state index is 0.00494. The number of hydrogen-bond acceptors (Lipinski definition) is 5. The molecule has 0 bridgehead atoms. The van der Waals surface area contributed by atoms with E-state index in [1.807, 2.05) is 31.2 Å². The molecule has 1 atom stereocenters. The number of rotatable bonds is 4. The van der Waals surface area contributed by atoms with Crippen molar-refractivity contribution in [2.45, 2.75) is 32.5 Å². The van der Waals surface area contributed by atoms with Gasteiger partial charge in [0.15, 0.2) is 0 Å². The number of likely N-dealkylation sites (N-methyl/N-ethyl adjacent to an activating group) is 1. The second-order valence-electron chi connectivity index (χ2n) is 6.94. The first kappa shape index (κ1) is 19.1. The van der Waals surface area contributed by atoms with Gasteiger partial charge in [0.05, 0.1) is 12.2 Å². The Morgan fingerprint density at radius 2 is 2.10 bits per heavy atom. The van der Waals surface area contributed by atoms with Gasteiger partial charge in [-0.05, 0) is 25.0 Å². The third-order valence-electron chi connectivity index (χ3n) is 4.82. The number of nitrogens with one attached hydrogen (secondary N) is 1. The number of nitrogens with zero attached hydrogens (tertiary/aromatic N) is 6. The SMILES string of the molecule is Cc1cc2n(n1)CC[C@H](NC(=O)c1ncn(Cc3ccccc3Cl)n1)C(=O)N2C. The topological polar surface area (TPSA) is 97.9 Å². The Morgan fingerprint density at radius 1 is 1.31 bits per heavy atom. The van der Waals surface area contributed by atoms with Crippen molar-refractivity contribution in [2.24, 2.45) is 0 Å². The van der Waals surface area contributed by atoms with Gasteiger partial charge in [-0.2, -0.15) is 5.10 Å². The summed E-state index contributed by atoms with van der Waals surface area (Å²) < 4.78 is 3.31. The zero-order chi connectivity index (χ0) is 20.5. The van der Waals surface area contributed by atoms with Crippen LogP contribution in [0.1, 0.15) is 28.3 Å². The van der Waals surface area contributed by atoms with Crippen LogP contribution in [-0.4, -0.2) is 49.4 Å². The van der Waals surface area contributed by atoms with Gasteiger partial charge in [-0.15, -0.1) is 5.10 Å². The van der Waals surface area contributed by atoms with Crippen LogP contribution in [0.5, 0.6) is 0 Å². The lowest BCUT2D eigenvalue weighted by molar-refractivity contribution is -0.120. The van der Waals surface area contributed by atoms with Crippen molar-refractivity contribution < 1.29 is 9.59 Å². The van der Waals surface area contributed by atoms with E-state index in [0.717, 1.165) is 11.3 Å². The van der Waals surface area contributed by atoms with Crippen LogP contribution in [0.2, 0.25) is 5.02 Å². The summed E-state index contributed by atoms with van der Waals surface area (Å²) in [7, 11) is 1.68. The third kappa shape index (κ3) is 3.86. The Kier molecular flexibility index (Phi) is 5.06. The number of amides is 2. The number of aromatic nitrogens is 5. The lowest BCUT2D eigenvalue weighted by atomic mass is 10.2. The molecule has 0 aliphatic carbocycles. The Labute approximate surface area is 172 Å². The van der Waals surface area contributed by atoms with E-state index in [0.29, 0.717) is 30.4 Å². The molecule has 2 amide bonds. The molecular weight excluding hydrogens is 394 g/mol. The average molecular weight is 414 g/mol. The number of carbonyl (C=O) groups is 2. The van der Waals surface area contributed by atoms with Crippen molar-refractivity contribution >= 4 is 29.2 Å². The summed E-state index contributed by atoms with van der Waals surface area (Å²) in [5.74, 6) is 0.0228. The summed E-state index contributed by atoms with van der Waals surface area (Å²) in [5, 5.41) is 12.0. The van der Waals surface area contributed by atoms with Crippen molar-refractivity contribution in [3.8, 4) is 0 Å². The fourth-order valence-corrected chi connectivity index (χ4v) is 3.52. The molecule has 150 valence electrons. The maximum absolute atomic E-state index is 12.8. The maximum Gasteiger partial charge on any atom is 0.291 e. The molecule has 9 nitrogen and oxygen atoms in total. The highest BCUT2D eigenvalue weighted by atomic mass is 35.5. The van der Waals surface area contributed by atoms with E-state index in [2.05, 4.69) is 20.5 Å². The van der Waals surface area contributed by atoms with Crippen LogP contribution in [-0.2, 0) is 17.9 Å². The maximum atomic E-state index is 12.8. The summed E-state index contributed by atoms with van der Waals surface area (Å²) in [4.78, 5) is 31.0. The molecule has 4 rings (SSSR count). The average Bonchev–Trinajstić information content (AvgIpc) is 3.30. The van der Waals surface area contributed by atoms with Crippen LogP contribution in [0, 0.1) is 6.92 Å². The van der Waals surface area contributed by atoms with E-state index in [4.69, 9.17) is 11.6 Å². The van der Waals surface area contributed by atoms with E-state index in [1.165, 1.54) is 15.9 Å². The molecule has 1 aliphatic heterocycles. The van der Waals surface area contributed by atoms with Crippen molar-refractivity contribution in [3.05, 3.63) is 58.8 Å². The van der Waals surface area contributed by atoms with Crippen molar-refractivity contribution in [2.75, 3.05) is 11.9 Å². The number of halogens is 1. The first-order valence-corrected chi connectivity index (χ1v) is 9.56. The highest BCUT2D eigenvalue weighted by molar-refractivity contribution is 6.31. The Hall–Kier alpha value is -3.20. The molecule has 3 aromatic rings. The van der Waals surface area contributed by atoms with Gasteiger partial charge in [0.1, 0.15) is 18.2 Å². The van der Waals surface area contributed by atoms with E-state index in [9.17, 15) is 9.59 Å². The Bertz CT molecular complexity index is 1070. The minimum Gasteiger partial charge on any atom is -0.337 e.